The summed E-state index contributed by atoms with van der Waals surface area (Å²) in [7, 11) is 0. The minimum atomic E-state index is 0.322. The van der Waals surface area contributed by atoms with Gasteiger partial charge in [0.1, 0.15) is 0 Å². The minimum absolute atomic E-state index is 0.322. The van der Waals surface area contributed by atoms with Gasteiger partial charge < -0.3 is 10.1 Å². The first-order chi connectivity index (χ1) is 8.29. The lowest BCUT2D eigenvalue weighted by Gasteiger charge is -2.23. The fraction of sp³-hybridized carbons (Fsp3) is 0.462. The van der Waals surface area contributed by atoms with Crippen molar-refractivity contribution in [3.8, 4) is 6.07 Å². The lowest BCUT2D eigenvalue weighted by Crippen LogP contribution is -2.32. The third kappa shape index (κ3) is 3.44. The second-order valence-corrected chi connectivity index (χ2v) is 4.59. The molecule has 90 valence electrons. The van der Waals surface area contributed by atoms with Gasteiger partial charge in [-0.25, -0.2) is 0 Å². The number of halogens is 1. The molecule has 0 atom stereocenters. The van der Waals surface area contributed by atoms with Crippen LogP contribution < -0.4 is 5.32 Å². The van der Waals surface area contributed by atoms with Crippen LogP contribution in [-0.4, -0.2) is 19.2 Å². The first-order valence-electron chi connectivity index (χ1n) is 5.80. The van der Waals surface area contributed by atoms with Crippen LogP contribution in [0.3, 0.4) is 0 Å². The van der Waals surface area contributed by atoms with Gasteiger partial charge in [0.15, 0.2) is 0 Å². The van der Waals surface area contributed by atoms with Crippen LogP contribution in [0.1, 0.15) is 24.0 Å². The summed E-state index contributed by atoms with van der Waals surface area (Å²) >= 11 is 6.08. The van der Waals surface area contributed by atoms with Crippen LogP contribution in [0.4, 0.5) is 0 Å². The van der Waals surface area contributed by atoms with Crippen molar-refractivity contribution in [1.29, 1.82) is 5.26 Å². The Hall–Kier alpha value is -1.08. The van der Waals surface area contributed by atoms with Crippen molar-refractivity contribution < 1.29 is 4.74 Å². The number of benzene rings is 1. The molecular weight excluding hydrogens is 236 g/mol. The van der Waals surface area contributed by atoms with Gasteiger partial charge in [0, 0.05) is 5.02 Å². The SMILES string of the molecule is N#Cc1ccc(COC2CCNCC2)c(Cl)c1. The van der Waals surface area contributed by atoms with E-state index in [1.807, 2.05) is 6.07 Å². The number of piperidine rings is 1. The second kappa shape index (κ2) is 6.02. The monoisotopic (exact) mass is 250 g/mol. The maximum atomic E-state index is 8.74. The van der Waals surface area contributed by atoms with E-state index in [1.54, 1.807) is 12.1 Å². The summed E-state index contributed by atoms with van der Waals surface area (Å²) < 4.78 is 5.82. The number of nitrogens with zero attached hydrogens (tertiary/aromatic N) is 1. The number of hydrogen-bond donors (Lipinski definition) is 1. The number of nitriles is 1. The first kappa shape index (κ1) is 12.4. The Morgan fingerprint density at radius 3 is 2.82 bits per heavy atom. The third-order valence-corrected chi connectivity index (χ3v) is 3.29. The molecule has 3 nitrogen and oxygen atoms in total. The van der Waals surface area contributed by atoms with Crippen molar-refractivity contribution in [2.75, 3.05) is 13.1 Å². The number of rotatable bonds is 3. The Bertz CT molecular complexity index is 422. The predicted molar refractivity (Wildman–Crippen MR) is 66.8 cm³/mol. The average Bonchev–Trinajstić information content (AvgIpc) is 2.38. The summed E-state index contributed by atoms with van der Waals surface area (Å²) in [6, 6.07) is 7.38. The van der Waals surface area contributed by atoms with Crippen LogP contribution >= 0.6 is 11.6 Å². The van der Waals surface area contributed by atoms with E-state index in [4.69, 9.17) is 21.6 Å². The molecule has 1 aromatic rings. The van der Waals surface area contributed by atoms with E-state index in [0.29, 0.717) is 23.3 Å². The predicted octanol–water partition coefficient (Wildman–Crippen LogP) is 2.48. The molecule has 0 amide bonds. The van der Waals surface area contributed by atoms with Gasteiger partial charge in [-0.3, -0.25) is 0 Å². The zero-order valence-electron chi connectivity index (χ0n) is 9.58. The van der Waals surface area contributed by atoms with Gasteiger partial charge in [-0.1, -0.05) is 17.7 Å². The van der Waals surface area contributed by atoms with Crippen LogP contribution in [0.5, 0.6) is 0 Å². The largest absolute Gasteiger partial charge is 0.373 e. The van der Waals surface area contributed by atoms with Crippen LogP contribution in [0.25, 0.3) is 0 Å². The van der Waals surface area contributed by atoms with Gasteiger partial charge in [-0.2, -0.15) is 5.26 Å². The smallest absolute Gasteiger partial charge is 0.0992 e. The first-order valence-corrected chi connectivity index (χ1v) is 6.18. The Morgan fingerprint density at radius 1 is 1.41 bits per heavy atom. The second-order valence-electron chi connectivity index (χ2n) is 4.18. The van der Waals surface area contributed by atoms with Gasteiger partial charge in [0.2, 0.25) is 0 Å². The normalized spacial score (nSPS) is 16.7. The lowest BCUT2D eigenvalue weighted by atomic mass is 10.1. The molecule has 0 saturated carbocycles. The molecule has 0 spiro atoms. The molecule has 1 fully saturated rings. The fourth-order valence-electron chi connectivity index (χ4n) is 1.90. The Kier molecular flexibility index (Phi) is 4.38. The number of hydrogen-bond acceptors (Lipinski definition) is 3. The van der Waals surface area contributed by atoms with E-state index < -0.39 is 0 Å². The zero-order valence-corrected chi connectivity index (χ0v) is 10.3. The molecule has 1 aromatic carbocycles. The highest BCUT2D eigenvalue weighted by Crippen LogP contribution is 2.20. The molecule has 0 aliphatic carbocycles. The van der Waals surface area contributed by atoms with E-state index in [2.05, 4.69) is 11.4 Å². The van der Waals surface area contributed by atoms with E-state index in [-0.39, 0.29) is 0 Å². The van der Waals surface area contributed by atoms with Crippen molar-refractivity contribution >= 4 is 11.6 Å². The highest BCUT2D eigenvalue weighted by molar-refractivity contribution is 6.31. The highest BCUT2D eigenvalue weighted by atomic mass is 35.5. The highest BCUT2D eigenvalue weighted by Gasteiger charge is 2.13. The molecule has 17 heavy (non-hydrogen) atoms. The molecule has 1 saturated heterocycles. The molecule has 1 N–H and O–H groups in total. The molecular formula is C13H15ClN2O. The van der Waals surface area contributed by atoms with Crippen LogP contribution in [0.15, 0.2) is 18.2 Å². The number of ether oxygens (including phenoxy) is 1. The Labute approximate surface area is 106 Å². The van der Waals surface area contributed by atoms with Gasteiger partial charge in [-0.05, 0) is 43.6 Å². The molecule has 2 rings (SSSR count). The van der Waals surface area contributed by atoms with Crippen molar-refractivity contribution in [3.63, 3.8) is 0 Å². The van der Waals surface area contributed by atoms with Gasteiger partial charge in [-0.15, -0.1) is 0 Å². The van der Waals surface area contributed by atoms with E-state index in [9.17, 15) is 0 Å². The quantitative estimate of drug-likeness (QED) is 0.897. The van der Waals surface area contributed by atoms with Gasteiger partial charge in [0.25, 0.3) is 0 Å². The Morgan fingerprint density at radius 2 is 2.18 bits per heavy atom. The van der Waals surface area contributed by atoms with Crippen molar-refractivity contribution in [2.24, 2.45) is 0 Å². The average molecular weight is 251 g/mol. The molecule has 1 heterocycles. The van der Waals surface area contributed by atoms with Crippen molar-refractivity contribution in [1.82, 2.24) is 5.32 Å². The summed E-state index contributed by atoms with van der Waals surface area (Å²) in [5, 5.41) is 12.6. The molecule has 4 heteroatoms. The van der Waals surface area contributed by atoms with Crippen LogP contribution in [-0.2, 0) is 11.3 Å². The summed E-state index contributed by atoms with van der Waals surface area (Å²) in [6.45, 7) is 2.56. The topological polar surface area (TPSA) is 45.0 Å². The molecule has 1 aliphatic rings. The molecule has 1 aliphatic heterocycles. The van der Waals surface area contributed by atoms with Crippen molar-refractivity contribution in [2.45, 2.75) is 25.6 Å². The summed E-state index contributed by atoms with van der Waals surface area (Å²) in [5.41, 5.74) is 1.53. The van der Waals surface area contributed by atoms with E-state index >= 15 is 0 Å². The minimum Gasteiger partial charge on any atom is -0.373 e. The summed E-state index contributed by atoms with van der Waals surface area (Å²) in [6.07, 6.45) is 2.42. The molecule has 0 radical (unpaired) electrons. The molecule has 0 bridgehead atoms. The van der Waals surface area contributed by atoms with Gasteiger partial charge in [0.05, 0.1) is 24.3 Å². The zero-order chi connectivity index (χ0) is 12.1. The maximum Gasteiger partial charge on any atom is 0.0992 e. The van der Waals surface area contributed by atoms with Crippen LogP contribution in [0.2, 0.25) is 5.02 Å². The molecule has 0 aromatic heterocycles. The lowest BCUT2D eigenvalue weighted by molar-refractivity contribution is 0.0213. The van der Waals surface area contributed by atoms with Crippen LogP contribution in [0, 0.1) is 11.3 Å². The standard InChI is InChI=1S/C13H15ClN2O/c14-13-7-10(8-15)1-2-11(13)9-17-12-3-5-16-6-4-12/h1-2,7,12,16H,3-6,9H2. The van der Waals surface area contributed by atoms with Gasteiger partial charge >= 0.3 is 0 Å². The maximum absolute atomic E-state index is 8.74. The van der Waals surface area contributed by atoms with E-state index in [1.165, 1.54) is 0 Å². The summed E-state index contributed by atoms with van der Waals surface area (Å²) in [5.74, 6) is 0. The van der Waals surface area contributed by atoms with E-state index in [0.717, 1.165) is 31.5 Å². The third-order valence-electron chi connectivity index (χ3n) is 2.94. The van der Waals surface area contributed by atoms with Crippen molar-refractivity contribution in [3.05, 3.63) is 34.3 Å². The molecule has 0 unspecified atom stereocenters. The number of nitrogens with one attached hydrogen (secondary N) is 1. The Balaban J connectivity index is 1.92. The fourth-order valence-corrected chi connectivity index (χ4v) is 2.14. The summed E-state index contributed by atoms with van der Waals surface area (Å²) in [4.78, 5) is 0.